The molecule has 7 nitrogen and oxygen atoms in total. The van der Waals surface area contributed by atoms with Crippen LogP contribution in [0.25, 0.3) is 0 Å². The van der Waals surface area contributed by atoms with Crippen molar-refractivity contribution in [2.75, 3.05) is 12.1 Å². The monoisotopic (exact) mass is 507 g/mol. The highest BCUT2D eigenvalue weighted by Gasteiger charge is 2.29. The van der Waals surface area contributed by atoms with Crippen molar-refractivity contribution in [1.82, 2.24) is 4.90 Å². The maximum absolute atomic E-state index is 13.6. The smallest absolute Gasteiger partial charge is 0.255 e. The number of carbonyl (C=O) groups excluding carboxylic acids is 2. The number of nitrogens with one attached hydrogen (secondary N) is 1. The Balaban J connectivity index is 1.32. The summed E-state index contributed by atoms with van der Waals surface area (Å²) in [7, 11) is 0. The molecule has 9 heteroatoms. The van der Waals surface area contributed by atoms with Crippen molar-refractivity contribution < 1.29 is 27.8 Å². The lowest BCUT2D eigenvalue weighted by atomic mass is 9.90. The van der Waals surface area contributed by atoms with E-state index in [1.165, 1.54) is 0 Å². The lowest BCUT2D eigenvalue weighted by Crippen LogP contribution is -2.43. The highest BCUT2D eigenvalue weighted by molar-refractivity contribution is 6.04. The number of hydrogen-bond acceptors (Lipinski definition) is 5. The molecule has 0 saturated heterocycles. The topological polar surface area (TPSA) is 93.9 Å². The minimum absolute atomic E-state index is 0.0416. The Morgan fingerprint density at radius 2 is 1.54 bits per heavy atom. The maximum atomic E-state index is 13.6. The fourth-order valence-corrected chi connectivity index (χ4v) is 4.75. The van der Waals surface area contributed by atoms with Crippen LogP contribution in [-0.4, -0.2) is 35.6 Å². The molecule has 2 amide bonds. The minimum atomic E-state index is -0.823. The third-order valence-corrected chi connectivity index (χ3v) is 6.75. The average Bonchev–Trinajstić information content (AvgIpc) is 3.36. The van der Waals surface area contributed by atoms with Crippen LogP contribution in [0.4, 0.5) is 14.5 Å². The molecule has 3 aromatic carbocycles. The van der Waals surface area contributed by atoms with Gasteiger partial charge in [0.25, 0.3) is 11.8 Å². The van der Waals surface area contributed by atoms with E-state index in [0.29, 0.717) is 35.4 Å². The highest BCUT2D eigenvalue weighted by atomic mass is 19.1. The molecule has 1 fully saturated rings. The number of hydrogen-bond donors (Lipinski definition) is 2. The highest BCUT2D eigenvalue weighted by Crippen LogP contribution is 2.34. The molecular formula is C28H27F2N3O4. The number of rotatable bonds is 6. The number of nitrogens with zero attached hydrogens (tertiary/aromatic N) is 1. The predicted molar refractivity (Wildman–Crippen MR) is 133 cm³/mol. The van der Waals surface area contributed by atoms with E-state index < -0.39 is 17.5 Å². The van der Waals surface area contributed by atoms with Gasteiger partial charge in [-0.25, -0.2) is 8.78 Å². The van der Waals surface area contributed by atoms with Crippen molar-refractivity contribution in [3.05, 3.63) is 89.0 Å². The lowest BCUT2D eigenvalue weighted by Gasteiger charge is -2.36. The molecular weight excluding hydrogens is 480 g/mol. The van der Waals surface area contributed by atoms with Crippen LogP contribution in [0.5, 0.6) is 11.5 Å². The van der Waals surface area contributed by atoms with Gasteiger partial charge in [-0.2, -0.15) is 0 Å². The minimum Gasteiger partial charge on any atom is -0.454 e. The molecule has 0 atom stereocenters. The van der Waals surface area contributed by atoms with Crippen molar-refractivity contribution in [3.8, 4) is 11.5 Å². The van der Waals surface area contributed by atoms with E-state index >= 15 is 0 Å². The quantitative estimate of drug-likeness (QED) is 0.497. The molecule has 5 rings (SSSR count). The zero-order valence-electron chi connectivity index (χ0n) is 20.1. The number of halogens is 2. The molecule has 192 valence electrons. The number of nitrogens with two attached hydrogens (primary N) is 1. The molecule has 0 radical (unpaired) electrons. The predicted octanol–water partition coefficient (Wildman–Crippen LogP) is 4.86. The van der Waals surface area contributed by atoms with Crippen molar-refractivity contribution in [2.45, 2.75) is 44.3 Å². The summed E-state index contributed by atoms with van der Waals surface area (Å²) in [6.45, 7) is 0.505. The van der Waals surface area contributed by atoms with E-state index in [1.54, 1.807) is 30.3 Å². The average molecular weight is 508 g/mol. The Kier molecular flexibility index (Phi) is 7.05. The van der Waals surface area contributed by atoms with Crippen LogP contribution >= 0.6 is 0 Å². The molecule has 3 N–H and O–H groups in total. The molecule has 1 saturated carbocycles. The summed E-state index contributed by atoms with van der Waals surface area (Å²) < 4.78 is 37.7. The summed E-state index contributed by atoms with van der Waals surface area (Å²) in [4.78, 5) is 27.9. The Morgan fingerprint density at radius 1 is 0.865 bits per heavy atom. The first kappa shape index (κ1) is 24.7. The van der Waals surface area contributed by atoms with Crippen LogP contribution in [-0.2, 0) is 6.54 Å². The molecule has 0 bridgehead atoms. The number of carbonyl (C=O) groups is 2. The number of benzene rings is 3. The Morgan fingerprint density at radius 3 is 2.24 bits per heavy atom. The third kappa shape index (κ3) is 5.72. The van der Waals surface area contributed by atoms with Gasteiger partial charge in [0.2, 0.25) is 6.79 Å². The van der Waals surface area contributed by atoms with E-state index in [4.69, 9.17) is 15.2 Å². The van der Waals surface area contributed by atoms with Gasteiger partial charge < -0.3 is 25.4 Å². The van der Waals surface area contributed by atoms with Crippen LogP contribution in [0.3, 0.4) is 0 Å². The summed E-state index contributed by atoms with van der Waals surface area (Å²) >= 11 is 0. The van der Waals surface area contributed by atoms with Gasteiger partial charge in [-0.1, -0.05) is 12.1 Å². The molecule has 0 unspecified atom stereocenters. The Hall–Kier alpha value is -3.98. The van der Waals surface area contributed by atoms with Crippen LogP contribution in [0.1, 0.15) is 52.0 Å². The van der Waals surface area contributed by atoms with Gasteiger partial charge in [0.05, 0.1) is 0 Å². The van der Waals surface area contributed by atoms with Gasteiger partial charge in [0.1, 0.15) is 11.6 Å². The summed E-state index contributed by atoms with van der Waals surface area (Å²) in [6, 6.07) is 15.1. The SMILES string of the molecule is NC1CCC(N(Cc2ccc(NC(=O)c3cc(F)cc(F)c3)cc2)C(=O)c2ccc3c(c2)OCO3)CC1. The van der Waals surface area contributed by atoms with Crippen LogP contribution < -0.4 is 20.5 Å². The van der Waals surface area contributed by atoms with Gasteiger partial charge >= 0.3 is 0 Å². The Bertz CT molecular complexity index is 1290. The van der Waals surface area contributed by atoms with E-state index in [0.717, 1.165) is 43.4 Å². The van der Waals surface area contributed by atoms with Gasteiger partial charge in [-0.05, 0) is 73.7 Å². The van der Waals surface area contributed by atoms with Gasteiger partial charge in [0.15, 0.2) is 11.5 Å². The number of ether oxygens (including phenoxy) is 2. The zero-order valence-corrected chi connectivity index (χ0v) is 20.1. The first-order chi connectivity index (χ1) is 17.9. The second-order valence-corrected chi connectivity index (χ2v) is 9.38. The number of fused-ring (bicyclic) bond motifs is 1. The molecule has 1 aliphatic heterocycles. The molecule has 2 aliphatic rings. The zero-order chi connectivity index (χ0) is 25.9. The molecule has 37 heavy (non-hydrogen) atoms. The van der Waals surface area contributed by atoms with E-state index in [1.807, 2.05) is 17.0 Å². The first-order valence-electron chi connectivity index (χ1n) is 12.2. The standard InChI is InChI=1S/C28H27F2N3O4/c29-20-11-19(12-21(30)14-20)27(34)32-23-6-1-17(2-7-23)15-33(24-8-4-22(31)5-9-24)28(35)18-3-10-25-26(13-18)37-16-36-25/h1-3,6-7,10-14,22,24H,4-5,8-9,15-16,31H2,(H,32,34). The second kappa shape index (κ2) is 10.6. The van der Waals surface area contributed by atoms with Crippen LogP contribution in [0.2, 0.25) is 0 Å². The Labute approximate surface area is 213 Å². The molecule has 1 aliphatic carbocycles. The largest absolute Gasteiger partial charge is 0.454 e. The van der Waals surface area contributed by atoms with E-state index in [-0.39, 0.29) is 30.3 Å². The molecule has 0 spiro atoms. The van der Waals surface area contributed by atoms with E-state index in [2.05, 4.69) is 5.32 Å². The maximum Gasteiger partial charge on any atom is 0.255 e. The lowest BCUT2D eigenvalue weighted by molar-refractivity contribution is 0.0606. The summed E-state index contributed by atoms with van der Waals surface area (Å²) in [5.41, 5.74) is 7.85. The number of anilines is 1. The van der Waals surface area contributed by atoms with Crippen LogP contribution in [0.15, 0.2) is 60.7 Å². The van der Waals surface area contributed by atoms with Gasteiger partial charge in [-0.15, -0.1) is 0 Å². The van der Waals surface area contributed by atoms with Crippen LogP contribution in [0, 0.1) is 11.6 Å². The number of amides is 2. The fraction of sp³-hybridized carbons (Fsp3) is 0.286. The second-order valence-electron chi connectivity index (χ2n) is 9.38. The fourth-order valence-electron chi connectivity index (χ4n) is 4.75. The van der Waals surface area contributed by atoms with Crippen molar-refractivity contribution in [1.29, 1.82) is 0 Å². The first-order valence-corrected chi connectivity index (χ1v) is 12.2. The van der Waals surface area contributed by atoms with E-state index in [9.17, 15) is 18.4 Å². The normalized spacial score (nSPS) is 18.4. The van der Waals surface area contributed by atoms with Gasteiger partial charge in [-0.3, -0.25) is 9.59 Å². The third-order valence-electron chi connectivity index (χ3n) is 6.75. The van der Waals surface area contributed by atoms with Crippen molar-refractivity contribution >= 4 is 17.5 Å². The molecule has 0 aromatic heterocycles. The summed E-state index contributed by atoms with van der Waals surface area (Å²) in [5.74, 6) is -1.21. The van der Waals surface area contributed by atoms with Gasteiger partial charge in [0, 0.05) is 41.5 Å². The summed E-state index contributed by atoms with van der Waals surface area (Å²) in [6.07, 6.45) is 3.33. The summed E-state index contributed by atoms with van der Waals surface area (Å²) in [5, 5.41) is 2.64. The molecule has 3 aromatic rings. The van der Waals surface area contributed by atoms with Crippen molar-refractivity contribution in [3.63, 3.8) is 0 Å². The van der Waals surface area contributed by atoms with Crippen molar-refractivity contribution in [2.24, 2.45) is 5.73 Å². The molecule has 1 heterocycles.